The second-order valence-electron chi connectivity index (χ2n) is 5.39. The fourth-order valence-electron chi connectivity index (χ4n) is 2.10. The normalized spacial score (nSPS) is 11.5. The fourth-order valence-corrected chi connectivity index (χ4v) is 2.10. The van der Waals surface area contributed by atoms with E-state index in [1.807, 2.05) is 48.5 Å². The van der Waals surface area contributed by atoms with Gasteiger partial charge in [-0.05, 0) is 48.4 Å². The minimum atomic E-state index is -0.861. The van der Waals surface area contributed by atoms with Crippen molar-refractivity contribution >= 4 is 0 Å². The van der Waals surface area contributed by atoms with Gasteiger partial charge in [0.05, 0.1) is 6.61 Å². The van der Waals surface area contributed by atoms with Gasteiger partial charge >= 0.3 is 0 Å². The SMILES string of the molecule is OC[CH-]COc1ccc(Cc2ccc(OCC(O)CO)cc2)cc1.[W]. The van der Waals surface area contributed by atoms with Crippen LogP contribution in [0.15, 0.2) is 48.5 Å². The van der Waals surface area contributed by atoms with E-state index in [2.05, 4.69) is 0 Å². The van der Waals surface area contributed by atoms with Gasteiger partial charge in [0.2, 0.25) is 0 Å². The van der Waals surface area contributed by atoms with Gasteiger partial charge in [0.15, 0.2) is 0 Å². The smallest absolute Gasteiger partial charge is 0.119 e. The average molecular weight is 515 g/mol. The van der Waals surface area contributed by atoms with Crippen molar-refractivity contribution in [2.45, 2.75) is 12.5 Å². The molecule has 3 N–H and O–H groups in total. The van der Waals surface area contributed by atoms with Gasteiger partial charge in [-0.2, -0.15) is 0 Å². The topological polar surface area (TPSA) is 79.2 Å². The molecule has 6 heteroatoms. The van der Waals surface area contributed by atoms with E-state index in [0.29, 0.717) is 12.4 Å². The molecule has 0 aliphatic carbocycles. The van der Waals surface area contributed by atoms with Crippen molar-refractivity contribution < 1.29 is 45.9 Å². The first-order valence-corrected chi connectivity index (χ1v) is 7.86. The standard InChI is InChI=1S/C19H23O5.W/c20-10-1-11-23-18-6-2-15(3-7-18)12-16-4-8-19(9-5-16)24-14-17(22)13-21;/h1-9,17,20-22H,10-14H2;/q-1;. The summed E-state index contributed by atoms with van der Waals surface area (Å²) in [5.74, 6) is 1.43. The summed E-state index contributed by atoms with van der Waals surface area (Å²) in [7, 11) is 0. The summed E-state index contributed by atoms with van der Waals surface area (Å²) in [5.41, 5.74) is 2.31. The van der Waals surface area contributed by atoms with Gasteiger partial charge in [-0.3, -0.25) is 6.42 Å². The Morgan fingerprint density at radius 3 is 1.84 bits per heavy atom. The van der Waals surface area contributed by atoms with Gasteiger partial charge in [-0.25, -0.2) is 0 Å². The molecule has 1 atom stereocenters. The van der Waals surface area contributed by atoms with E-state index >= 15 is 0 Å². The first-order chi connectivity index (χ1) is 11.7. The van der Waals surface area contributed by atoms with Crippen molar-refractivity contribution in [2.75, 3.05) is 26.4 Å². The summed E-state index contributed by atoms with van der Waals surface area (Å²) in [6.45, 7) is 0.167. The number of aliphatic hydroxyl groups is 3. The number of aliphatic hydroxyl groups excluding tert-OH is 3. The number of benzene rings is 2. The first kappa shape index (κ1) is 21.7. The van der Waals surface area contributed by atoms with Crippen LogP contribution in [0.5, 0.6) is 11.5 Å². The van der Waals surface area contributed by atoms with Crippen molar-refractivity contribution in [1.29, 1.82) is 0 Å². The molecular formula is C19H23O5W-. The van der Waals surface area contributed by atoms with Crippen molar-refractivity contribution in [3.63, 3.8) is 0 Å². The molecule has 0 bridgehead atoms. The predicted octanol–water partition coefficient (Wildman–Crippen LogP) is 1.58. The van der Waals surface area contributed by atoms with Crippen molar-refractivity contribution in [3.05, 3.63) is 66.1 Å². The van der Waals surface area contributed by atoms with Crippen LogP contribution in [-0.4, -0.2) is 47.9 Å². The molecule has 0 spiro atoms. The Morgan fingerprint density at radius 2 is 1.36 bits per heavy atom. The first-order valence-electron chi connectivity index (χ1n) is 7.86. The molecule has 0 aromatic heterocycles. The van der Waals surface area contributed by atoms with Crippen LogP contribution in [-0.2, 0) is 27.5 Å². The fraction of sp³-hybridized carbons (Fsp3) is 0.316. The van der Waals surface area contributed by atoms with Crippen LogP contribution in [0.4, 0.5) is 0 Å². The maximum absolute atomic E-state index is 9.26. The summed E-state index contributed by atoms with van der Waals surface area (Å²) >= 11 is 0. The summed E-state index contributed by atoms with van der Waals surface area (Å²) in [5, 5.41) is 26.7. The van der Waals surface area contributed by atoms with Crippen LogP contribution in [0.2, 0.25) is 0 Å². The van der Waals surface area contributed by atoms with E-state index < -0.39 is 6.10 Å². The molecule has 2 rings (SSSR count). The second kappa shape index (κ2) is 12.0. The van der Waals surface area contributed by atoms with Gasteiger partial charge in [0.1, 0.15) is 24.2 Å². The Kier molecular flexibility index (Phi) is 10.4. The monoisotopic (exact) mass is 515 g/mol. The molecule has 0 heterocycles. The zero-order chi connectivity index (χ0) is 17.2. The van der Waals surface area contributed by atoms with Gasteiger partial charge in [0, 0.05) is 21.1 Å². The van der Waals surface area contributed by atoms with Gasteiger partial charge < -0.3 is 24.8 Å². The Balaban J connectivity index is 0.00000312. The van der Waals surface area contributed by atoms with Crippen LogP contribution in [0.1, 0.15) is 11.1 Å². The third-order valence-electron chi connectivity index (χ3n) is 3.41. The number of rotatable bonds is 10. The maximum atomic E-state index is 9.26. The zero-order valence-electron chi connectivity index (χ0n) is 13.9. The van der Waals surface area contributed by atoms with Crippen LogP contribution >= 0.6 is 0 Å². The minimum Gasteiger partial charge on any atom is -0.525 e. The van der Waals surface area contributed by atoms with E-state index in [4.69, 9.17) is 19.7 Å². The van der Waals surface area contributed by atoms with E-state index in [1.54, 1.807) is 6.42 Å². The molecule has 0 amide bonds. The number of hydrogen-bond acceptors (Lipinski definition) is 5. The molecule has 0 saturated carbocycles. The van der Waals surface area contributed by atoms with Crippen LogP contribution in [0.25, 0.3) is 0 Å². The molecule has 2 aromatic carbocycles. The molecule has 1 unspecified atom stereocenters. The number of hydrogen-bond donors (Lipinski definition) is 3. The molecule has 0 radical (unpaired) electrons. The molecule has 136 valence electrons. The quantitative estimate of drug-likeness (QED) is 0.331. The summed E-state index contributed by atoms with van der Waals surface area (Å²) in [4.78, 5) is 0. The second-order valence-corrected chi connectivity index (χ2v) is 5.39. The largest absolute Gasteiger partial charge is 0.525 e. The molecule has 5 nitrogen and oxygen atoms in total. The van der Waals surface area contributed by atoms with E-state index in [-0.39, 0.29) is 40.9 Å². The zero-order valence-corrected chi connectivity index (χ0v) is 16.8. The Hall–Kier alpha value is -1.39. The van der Waals surface area contributed by atoms with E-state index in [0.717, 1.165) is 23.3 Å². The summed E-state index contributed by atoms with van der Waals surface area (Å²) in [6.07, 6.45) is 1.58. The van der Waals surface area contributed by atoms with Crippen molar-refractivity contribution in [1.82, 2.24) is 0 Å². The molecule has 0 aliphatic rings. The molecule has 0 fully saturated rings. The Bertz CT molecular complexity index is 586. The van der Waals surface area contributed by atoms with Gasteiger partial charge in [0.25, 0.3) is 0 Å². The molecule has 2 aromatic rings. The third kappa shape index (κ3) is 8.02. The maximum Gasteiger partial charge on any atom is 0.119 e. The summed E-state index contributed by atoms with van der Waals surface area (Å²) in [6, 6.07) is 15.5. The predicted molar refractivity (Wildman–Crippen MR) is 91.2 cm³/mol. The van der Waals surface area contributed by atoms with Crippen molar-refractivity contribution in [2.24, 2.45) is 0 Å². The molecule has 0 aliphatic heterocycles. The van der Waals surface area contributed by atoms with Crippen LogP contribution in [0.3, 0.4) is 0 Å². The van der Waals surface area contributed by atoms with Crippen LogP contribution < -0.4 is 9.47 Å². The van der Waals surface area contributed by atoms with Gasteiger partial charge in [-0.15, -0.1) is 0 Å². The Labute approximate surface area is 162 Å². The molecule has 0 saturated heterocycles. The molecular weight excluding hydrogens is 492 g/mol. The van der Waals surface area contributed by atoms with Crippen LogP contribution in [0, 0.1) is 6.42 Å². The third-order valence-corrected chi connectivity index (χ3v) is 3.41. The van der Waals surface area contributed by atoms with E-state index in [9.17, 15) is 5.11 Å². The number of ether oxygens (including phenoxy) is 2. The molecule has 25 heavy (non-hydrogen) atoms. The van der Waals surface area contributed by atoms with Crippen molar-refractivity contribution in [3.8, 4) is 11.5 Å². The van der Waals surface area contributed by atoms with Gasteiger partial charge in [-0.1, -0.05) is 30.9 Å². The Morgan fingerprint density at radius 1 is 0.840 bits per heavy atom. The van der Waals surface area contributed by atoms with E-state index in [1.165, 1.54) is 0 Å². The minimum absolute atomic E-state index is 0. The summed E-state index contributed by atoms with van der Waals surface area (Å²) < 4.78 is 10.8. The average Bonchev–Trinajstić information content (AvgIpc) is 2.62.